The number of halogens is 1. The first-order valence-electron chi connectivity index (χ1n) is 6.95. The molecule has 0 aromatic heterocycles. The molecular formula is C16H13ClN2O6. The number of carbonyl (C=O) groups excluding carboxylic acids is 2. The minimum Gasteiger partial charge on any atom is -0.497 e. The highest BCUT2D eigenvalue weighted by atomic mass is 35.5. The van der Waals surface area contributed by atoms with Crippen molar-refractivity contribution in [1.82, 2.24) is 0 Å². The molecule has 0 aliphatic heterocycles. The lowest BCUT2D eigenvalue weighted by atomic mass is 10.2. The van der Waals surface area contributed by atoms with Gasteiger partial charge in [0.25, 0.3) is 11.6 Å². The number of esters is 1. The van der Waals surface area contributed by atoms with E-state index in [9.17, 15) is 19.7 Å². The molecule has 0 unspecified atom stereocenters. The van der Waals surface area contributed by atoms with Gasteiger partial charge in [0, 0.05) is 12.1 Å². The second-order valence-corrected chi connectivity index (χ2v) is 5.18. The summed E-state index contributed by atoms with van der Waals surface area (Å²) in [5.74, 6) is -0.790. The molecule has 0 radical (unpaired) electrons. The third-order valence-electron chi connectivity index (χ3n) is 3.09. The van der Waals surface area contributed by atoms with Gasteiger partial charge in [-0.3, -0.25) is 14.9 Å². The topological polar surface area (TPSA) is 108 Å². The van der Waals surface area contributed by atoms with Gasteiger partial charge >= 0.3 is 5.97 Å². The Labute approximate surface area is 147 Å². The molecule has 0 aliphatic rings. The van der Waals surface area contributed by atoms with Gasteiger partial charge in [-0.1, -0.05) is 11.6 Å². The molecule has 2 aromatic rings. The zero-order valence-electron chi connectivity index (χ0n) is 13.0. The molecule has 1 amide bonds. The molecule has 0 spiro atoms. The van der Waals surface area contributed by atoms with Crippen LogP contribution in [0.4, 0.5) is 11.4 Å². The Hall–Kier alpha value is -3.13. The number of hydrogen-bond donors (Lipinski definition) is 1. The fourth-order valence-corrected chi connectivity index (χ4v) is 2.02. The summed E-state index contributed by atoms with van der Waals surface area (Å²) >= 11 is 5.88. The SMILES string of the molecule is COc1ccc(C(=O)OCC(=O)Nc2cc([N+](=O)[O-])ccc2Cl)cc1. The number of hydrogen-bond acceptors (Lipinski definition) is 6. The third-order valence-corrected chi connectivity index (χ3v) is 3.42. The molecule has 0 bridgehead atoms. The van der Waals surface area contributed by atoms with Crippen molar-refractivity contribution < 1.29 is 24.0 Å². The van der Waals surface area contributed by atoms with Crippen LogP contribution in [0.5, 0.6) is 5.75 Å². The molecule has 0 heterocycles. The highest BCUT2D eigenvalue weighted by Gasteiger charge is 2.14. The highest BCUT2D eigenvalue weighted by Crippen LogP contribution is 2.26. The zero-order chi connectivity index (χ0) is 18.4. The number of amides is 1. The van der Waals surface area contributed by atoms with Crippen molar-refractivity contribution in [2.75, 3.05) is 19.0 Å². The van der Waals surface area contributed by atoms with Crippen LogP contribution >= 0.6 is 11.6 Å². The second-order valence-electron chi connectivity index (χ2n) is 4.77. The summed E-state index contributed by atoms with van der Waals surface area (Å²) in [6.45, 7) is -0.566. The summed E-state index contributed by atoms with van der Waals surface area (Å²) in [5.41, 5.74) is 0.0817. The van der Waals surface area contributed by atoms with E-state index in [0.29, 0.717) is 5.75 Å². The van der Waals surface area contributed by atoms with E-state index >= 15 is 0 Å². The van der Waals surface area contributed by atoms with E-state index in [1.165, 1.54) is 31.4 Å². The van der Waals surface area contributed by atoms with Crippen LogP contribution in [0.15, 0.2) is 42.5 Å². The minimum atomic E-state index is -0.692. The summed E-state index contributed by atoms with van der Waals surface area (Å²) in [6.07, 6.45) is 0. The van der Waals surface area contributed by atoms with Crippen LogP contribution in [-0.4, -0.2) is 30.5 Å². The second kappa shape index (κ2) is 8.11. The maximum absolute atomic E-state index is 11.9. The van der Waals surface area contributed by atoms with Crippen molar-refractivity contribution in [3.63, 3.8) is 0 Å². The number of ether oxygens (including phenoxy) is 2. The van der Waals surface area contributed by atoms with Gasteiger partial charge in [-0.2, -0.15) is 0 Å². The molecule has 0 fully saturated rings. The average Bonchev–Trinajstić information content (AvgIpc) is 2.61. The largest absolute Gasteiger partial charge is 0.497 e. The molecule has 0 atom stereocenters. The minimum absolute atomic E-state index is 0.0568. The van der Waals surface area contributed by atoms with Gasteiger partial charge < -0.3 is 14.8 Å². The molecule has 130 valence electrons. The smallest absolute Gasteiger partial charge is 0.338 e. The van der Waals surface area contributed by atoms with Gasteiger partial charge in [0.15, 0.2) is 6.61 Å². The monoisotopic (exact) mass is 364 g/mol. The Kier molecular flexibility index (Phi) is 5.91. The van der Waals surface area contributed by atoms with Gasteiger partial charge in [0.2, 0.25) is 0 Å². The van der Waals surface area contributed by atoms with E-state index in [0.717, 1.165) is 6.07 Å². The van der Waals surface area contributed by atoms with Crippen molar-refractivity contribution in [3.05, 3.63) is 63.2 Å². The van der Waals surface area contributed by atoms with Crippen molar-refractivity contribution in [3.8, 4) is 5.75 Å². The first-order chi connectivity index (χ1) is 11.9. The number of nitro groups is 1. The summed E-state index contributed by atoms with van der Waals surface area (Å²) < 4.78 is 9.86. The fourth-order valence-electron chi connectivity index (χ4n) is 1.85. The number of non-ortho nitro benzene ring substituents is 1. The molecule has 1 N–H and O–H groups in total. The van der Waals surface area contributed by atoms with E-state index in [1.807, 2.05) is 0 Å². The predicted octanol–water partition coefficient (Wildman–Crippen LogP) is 3.05. The Bertz CT molecular complexity index is 807. The van der Waals surface area contributed by atoms with E-state index in [4.69, 9.17) is 21.1 Å². The van der Waals surface area contributed by atoms with Gasteiger partial charge in [0.1, 0.15) is 5.75 Å². The molecule has 0 saturated heterocycles. The molecular weight excluding hydrogens is 352 g/mol. The van der Waals surface area contributed by atoms with Gasteiger partial charge in [-0.05, 0) is 30.3 Å². The summed E-state index contributed by atoms with van der Waals surface area (Å²) in [5, 5.41) is 13.2. The molecule has 25 heavy (non-hydrogen) atoms. The maximum Gasteiger partial charge on any atom is 0.338 e. The van der Waals surface area contributed by atoms with Crippen LogP contribution in [0.25, 0.3) is 0 Å². The number of nitro benzene ring substituents is 1. The van der Waals surface area contributed by atoms with Crippen LogP contribution in [0, 0.1) is 10.1 Å². The third kappa shape index (κ3) is 4.92. The van der Waals surface area contributed by atoms with Crippen molar-refractivity contribution >= 4 is 34.9 Å². The summed E-state index contributed by atoms with van der Waals surface area (Å²) in [6, 6.07) is 9.78. The number of rotatable bonds is 6. The van der Waals surface area contributed by atoms with Crippen LogP contribution in [-0.2, 0) is 9.53 Å². The summed E-state index contributed by atoms with van der Waals surface area (Å²) in [4.78, 5) is 33.8. The van der Waals surface area contributed by atoms with E-state index in [1.54, 1.807) is 12.1 Å². The van der Waals surface area contributed by atoms with E-state index in [-0.39, 0.29) is 22.0 Å². The van der Waals surface area contributed by atoms with Crippen molar-refractivity contribution in [1.29, 1.82) is 0 Å². The van der Waals surface area contributed by atoms with Crippen molar-refractivity contribution in [2.45, 2.75) is 0 Å². The molecule has 9 heteroatoms. The van der Waals surface area contributed by atoms with Crippen LogP contribution in [0.3, 0.4) is 0 Å². The van der Waals surface area contributed by atoms with Gasteiger partial charge in [-0.15, -0.1) is 0 Å². The maximum atomic E-state index is 11.9. The highest BCUT2D eigenvalue weighted by molar-refractivity contribution is 6.33. The Balaban J connectivity index is 1.95. The standard InChI is InChI=1S/C16H13ClN2O6/c1-24-12-5-2-10(3-6-12)16(21)25-9-15(20)18-14-8-11(19(22)23)4-7-13(14)17/h2-8H,9H2,1H3,(H,18,20). The lowest BCUT2D eigenvalue weighted by Crippen LogP contribution is -2.21. The predicted molar refractivity (Wildman–Crippen MR) is 90.0 cm³/mol. The molecule has 0 saturated carbocycles. The molecule has 8 nitrogen and oxygen atoms in total. The van der Waals surface area contributed by atoms with E-state index < -0.39 is 23.4 Å². The Morgan fingerprint density at radius 3 is 2.48 bits per heavy atom. The zero-order valence-corrected chi connectivity index (χ0v) is 13.8. The molecule has 2 rings (SSSR count). The number of carbonyl (C=O) groups is 2. The normalized spacial score (nSPS) is 10.0. The number of anilines is 1. The van der Waals surface area contributed by atoms with Gasteiger partial charge in [-0.25, -0.2) is 4.79 Å². The quantitative estimate of drug-likeness (QED) is 0.479. The van der Waals surface area contributed by atoms with Crippen LogP contribution < -0.4 is 10.1 Å². The fraction of sp³-hybridized carbons (Fsp3) is 0.125. The summed E-state index contributed by atoms with van der Waals surface area (Å²) in [7, 11) is 1.50. The van der Waals surface area contributed by atoms with Crippen molar-refractivity contribution in [2.24, 2.45) is 0 Å². The van der Waals surface area contributed by atoms with Gasteiger partial charge in [0.05, 0.1) is 28.3 Å². The molecule has 0 aliphatic carbocycles. The lowest BCUT2D eigenvalue weighted by molar-refractivity contribution is -0.384. The number of methoxy groups -OCH3 is 1. The van der Waals surface area contributed by atoms with Crippen LogP contribution in [0.2, 0.25) is 5.02 Å². The Morgan fingerprint density at radius 1 is 1.20 bits per heavy atom. The molecule has 2 aromatic carbocycles. The lowest BCUT2D eigenvalue weighted by Gasteiger charge is -2.08. The van der Waals surface area contributed by atoms with E-state index in [2.05, 4.69) is 5.32 Å². The first-order valence-corrected chi connectivity index (χ1v) is 7.33. The number of nitrogens with zero attached hydrogens (tertiary/aromatic N) is 1. The van der Waals surface area contributed by atoms with Crippen LogP contribution in [0.1, 0.15) is 10.4 Å². The average molecular weight is 365 g/mol. The first kappa shape index (κ1) is 18.2. The number of benzene rings is 2. The Morgan fingerprint density at radius 2 is 1.88 bits per heavy atom. The number of nitrogens with one attached hydrogen (secondary N) is 1.